The van der Waals surface area contributed by atoms with E-state index in [1.54, 1.807) is 24.3 Å². The number of hydrogen-bond donors (Lipinski definition) is 2. The Hall–Kier alpha value is -3.96. The van der Waals surface area contributed by atoms with Gasteiger partial charge in [-0.1, -0.05) is 18.2 Å². The number of urea groups is 2. The Morgan fingerprint density at radius 2 is 1.15 bits per heavy atom. The van der Waals surface area contributed by atoms with E-state index >= 15 is 0 Å². The fourth-order valence-corrected chi connectivity index (χ4v) is 3.41. The van der Waals surface area contributed by atoms with Crippen LogP contribution in [0.3, 0.4) is 0 Å². The van der Waals surface area contributed by atoms with E-state index in [0.29, 0.717) is 11.1 Å². The zero-order chi connectivity index (χ0) is 25.3. The fourth-order valence-electron chi connectivity index (χ4n) is 3.41. The van der Waals surface area contributed by atoms with Gasteiger partial charge in [0.1, 0.15) is 37.4 Å². The molecule has 0 unspecified atom stereocenters. The molecule has 2 saturated heterocycles. The van der Waals surface area contributed by atoms with E-state index in [-0.39, 0.29) is 13.2 Å². The Labute approximate surface area is 195 Å². The van der Waals surface area contributed by atoms with E-state index in [1.165, 1.54) is 27.7 Å². The molecule has 2 aliphatic rings. The number of ether oxygens (including phenoxy) is 2. The third-order valence-corrected chi connectivity index (χ3v) is 5.25. The summed E-state index contributed by atoms with van der Waals surface area (Å²) in [6, 6.07) is 5.37. The Bertz CT molecular complexity index is 985. The van der Waals surface area contributed by atoms with Crippen LogP contribution < -0.4 is 10.6 Å². The van der Waals surface area contributed by atoms with E-state index in [2.05, 4.69) is 10.6 Å². The van der Waals surface area contributed by atoms with E-state index in [9.17, 15) is 28.8 Å². The highest BCUT2D eigenvalue weighted by atomic mass is 16.5. The Morgan fingerprint density at radius 3 is 1.47 bits per heavy atom. The summed E-state index contributed by atoms with van der Waals surface area (Å²) in [4.78, 5) is 73.8. The van der Waals surface area contributed by atoms with Crippen LogP contribution in [0.4, 0.5) is 9.59 Å². The molecule has 1 aromatic rings. The standard InChI is InChI=1S/C22H26N4O8/c1-21(2)17(29)25(19(31)23-21)9-15(27)33-11-13-6-5-7-14(8-13)12-34-16(28)10-26-18(30)22(3,4)24-20(26)32/h5-8H,9-12H2,1-4H3,(H,23,31)(H,24,32). The van der Waals surface area contributed by atoms with Crippen LogP contribution in [-0.2, 0) is 41.9 Å². The molecule has 0 bridgehead atoms. The number of esters is 2. The highest BCUT2D eigenvalue weighted by Crippen LogP contribution is 2.18. The van der Waals surface area contributed by atoms with Crippen molar-refractivity contribution >= 4 is 35.8 Å². The maximum absolute atomic E-state index is 12.1. The second kappa shape index (κ2) is 9.12. The zero-order valence-electron chi connectivity index (χ0n) is 19.3. The number of hydrogen-bond acceptors (Lipinski definition) is 8. The van der Waals surface area contributed by atoms with Gasteiger partial charge in [0.05, 0.1) is 0 Å². The van der Waals surface area contributed by atoms with Gasteiger partial charge in [-0.15, -0.1) is 0 Å². The molecular formula is C22H26N4O8. The largest absolute Gasteiger partial charge is 0.459 e. The molecule has 0 atom stereocenters. The number of rotatable bonds is 8. The molecule has 0 spiro atoms. The molecule has 0 saturated carbocycles. The summed E-state index contributed by atoms with van der Waals surface area (Å²) in [5, 5.41) is 4.96. The number of nitrogens with one attached hydrogen (secondary N) is 2. The third-order valence-electron chi connectivity index (χ3n) is 5.25. The monoisotopic (exact) mass is 474 g/mol. The molecule has 2 N–H and O–H groups in total. The second-order valence-corrected chi connectivity index (χ2v) is 9.03. The SMILES string of the molecule is CC1(C)NC(=O)N(CC(=O)OCc2cccc(COC(=O)CN3C(=O)NC(C)(C)C3=O)c2)C1=O. The fraction of sp³-hybridized carbons (Fsp3) is 0.455. The van der Waals surface area contributed by atoms with Gasteiger partial charge in [-0.3, -0.25) is 29.0 Å². The first kappa shape index (κ1) is 24.7. The summed E-state index contributed by atoms with van der Waals surface area (Å²) in [5.41, 5.74) is -0.971. The van der Waals surface area contributed by atoms with Crippen molar-refractivity contribution in [3.8, 4) is 0 Å². The minimum Gasteiger partial charge on any atom is -0.459 e. The summed E-state index contributed by atoms with van der Waals surface area (Å²) < 4.78 is 10.3. The average Bonchev–Trinajstić information content (AvgIpc) is 3.07. The summed E-state index contributed by atoms with van der Waals surface area (Å²) >= 11 is 0. The molecule has 2 aliphatic heterocycles. The molecule has 182 valence electrons. The maximum Gasteiger partial charge on any atom is 0.326 e. The van der Waals surface area contributed by atoms with Gasteiger partial charge in [-0.05, 0) is 44.9 Å². The molecule has 2 heterocycles. The predicted molar refractivity (Wildman–Crippen MR) is 115 cm³/mol. The van der Waals surface area contributed by atoms with Gasteiger partial charge in [0, 0.05) is 0 Å². The zero-order valence-corrected chi connectivity index (χ0v) is 19.3. The molecule has 34 heavy (non-hydrogen) atoms. The minimum absolute atomic E-state index is 0.120. The number of carbonyl (C=O) groups excluding carboxylic acids is 6. The molecule has 0 radical (unpaired) electrons. The lowest BCUT2D eigenvalue weighted by atomic mass is 10.1. The van der Waals surface area contributed by atoms with Crippen molar-refractivity contribution in [2.45, 2.75) is 52.0 Å². The van der Waals surface area contributed by atoms with Crippen LogP contribution in [0.25, 0.3) is 0 Å². The highest BCUT2D eigenvalue weighted by molar-refractivity contribution is 6.08. The number of benzene rings is 1. The number of carbonyl (C=O) groups is 6. The summed E-state index contributed by atoms with van der Waals surface area (Å²) in [5.74, 6) is -2.55. The summed E-state index contributed by atoms with van der Waals surface area (Å²) in [7, 11) is 0. The highest BCUT2D eigenvalue weighted by Gasteiger charge is 2.46. The van der Waals surface area contributed by atoms with Crippen LogP contribution in [0.5, 0.6) is 0 Å². The van der Waals surface area contributed by atoms with Gasteiger partial charge in [0.15, 0.2) is 0 Å². The van der Waals surface area contributed by atoms with Crippen LogP contribution in [0.1, 0.15) is 38.8 Å². The quantitative estimate of drug-likeness (QED) is 0.407. The van der Waals surface area contributed by atoms with Crippen LogP contribution in [0.15, 0.2) is 24.3 Å². The minimum atomic E-state index is -1.08. The van der Waals surface area contributed by atoms with Gasteiger partial charge < -0.3 is 20.1 Å². The van der Waals surface area contributed by atoms with Gasteiger partial charge in [0.25, 0.3) is 11.8 Å². The van der Waals surface area contributed by atoms with E-state index in [4.69, 9.17) is 9.47 Å². The van der Waals surface area contributed by atoms with Crippen molar-refractivity contribution in [1.82, 2.24) is 20.4 Å². The molecule has 12 nitrogen and oxygen atoms in total. The van der Waals surface area contributed by atoms with E-state index < -0.39 is 60.0 Å². The lowest BCUT2D eigenvalue weighted by Crippen LogP contribution is -2.41. The third kappa shape index (κ3) is 5.33. The van der Waals surface area contributed by atoms with Gasteiger partial charge >= 0.3 is 24.0 Å². The number of nitrogens with zero attached hydrogens (tertiary/aromatic N) is 2. The molecule has 0 aliphatic carbocycles. The van der Waals surface area contributed by atoms with Crippen molar-refractivity contribution in [2.24, 2.45) is 0 Å². The molecule has 2 fully saturated rings. The van der Waals surface area contributed by atoms with Crippen molar-refractivity contribution in [3.63, 3.8) is 0 Å². The average molecular weight is 474 g/mol. The van der Waals surface area contributed by atoms with Crippen molar-refractivity contribution in [1.29, 1.82) is 0 Å². The first-order chi connectivity index (χ1) is 15.8. The van der Waals surface area contributed by atoms with Crippen molar-refractivity contribution in [2.75, 3.05) is 13.1 Å². The topological polar surface area (TPSA) is 151 Å². The predicted octanol–water partition coefficient (Wildman–Crippen LogP) is 0.434. The molecule has 1 aromatic carbocycles. The first-order valence-corrected chi connectivity index (χ1v) is 10.5. The summed E-state index contributed by atoms with van der Waals surface area (Å²) in [6.45, 7) is 4.89. The van der Waals surface area contributed by atoms with Gasteiger partial charge in [-0.2, -0.15) is 0 Å². The second-order valence-electron chi connectivity index (χ2n) is 9.03. The Morgan fingerprint density at radius 1 is 0.765 bits per heavy atom. The number of amides is 6. The van der Waals surface area contributed by atoms with Crippen molar-refractivity contribution < 1.29 is 38.2 Å². The Balaban J connectivity index is 1.48. The first-order valence-electron chi connectivity index (χ1n) is 10.5. The van der Waals surface area contributed by atoms with Crippen molar-refractivity contribution in [3.05, 3.63) is 35.4 Å². The smallest absolute Gasteiger partial charge is 0.326 e. The molecule has 0 aromatic heterocycles. The lowest BCUT2D eigenvalue weighted by Gasteiger charge is -2.15. The normalized spacial score (nSPS) is 18.6. The van der Waals surface area contributed by atoms with Crippen LogP contribution in [0, 0.1) is 0 Å². The molecular weight excluding hydrogens is 448 g/mol. The van der Waals surface area contributed by atoms with Crippen LogP contribution in [-0.4, -0.2) is 69.8 Å². The molecule has 6 amide bonds. The van der Waals surface area contributed by atoms with E-state index in [1.807, 2.05) is 0 Å². The van der Waals surface area contributed by atoms with E-state index in [0.717, 1.165) is 9.80 Å². The van der Waals surface area contributed by atoms with Crippen LogP contribution >= 0.6 is 0 Å². The molecule has 3 rings (SSSR count). The number of imide groups is 2. The van der Waals surface area contributed by atoms with Gasteiger partial charge in [0.2, 0.25) is 0 Å². The Kier molecular flexibility index (Phi) is 6.62. The molecule has 12 heteroatoms. The maximum atomic E-state index is 12.1. The van der Waals surface area contributed by atoms with Gasteiger partial charge in [-0.25, -0.2) is 9.59 Å². The lowest BCUT2D eigenvalue weighted by molar-refractivity contribution is -0.148. The summed E-state index contributed by atoms with van der Waals surface area (Å²) in [6.07, 6.45) is 0. The van der Waals surface area contributed by atoms with Crippen LogP contribution in [0.2, 0.25) is 0 Å².